The van der Waals surface area contributed by atoms with Crippen molar-refractivity contribution >= 4 is 33.0 Å². The predicted octanol–water partition coefficient (Wildman–Crippen LogP) is 11.1. The van der Waals surface area contributed by atoms with Crippen LogP contribution in [0.3, 0.4) is 0 Å². The molecule has 1 radical (unpaired) electrons. The van der Waals surface area contributed by atoms with Crippen LogP contribution in [0.1, 0.15) is 58.1 Å². The van der Waals surface area contributed by atoms with Crippen molar-refractivity contribution in [1.29, 1.82) is 0 Å². The maximum Gasteiger partial charge on any atom is 0.140 e. The third-order valence-corrected chi connectivity index (χ3v) is 7.60. The first-order valence-corrected chi connectivity index (χ1v) is 14.3. The number of fused-ring (bicyclic) bond motifs is 4. The molecule has 4 aromatic carbocycles. The van der Waals surface area contributed by atoms with E-state index in [0.29, 0.717) is 33.3 Å². The number of aryl methyl sites for hydroxylation is 6. The molecule has 0 aliphatic heterocycles. The normalized spacial score (nSPS) is 18.1. The molecule has 5 heteroatoms. The number of aromatic nitrogens is 3. The van der Waals surface area contributed by atoms with Gasteiger partial charge in [-0.25, -0.2) is 4.98 Å². The molecule has 0 aliphatic carbocycles. The molecule has 0 fully saturated rings. The van der Waals surface area contributed by atoms with E-state index >= 15 is 0 Å². The molecule has 4 nitrogen and oxygen atoms in total. The number of rotatable bonds is 3. The largest absolute Gasteiger partial charge is 0.499 e. The average Bonchev–Trinajstić information content (AvgIpc) is 3.58. The molecule has 0 spiro atoms. The monoisotopic (exact) mass is 820 g/mol. The van der Waals surface area contributed by atoms with Crippen LogP contribution in [-0.2, 0) is 20.1 Å². The maximum atomic E-state index is 8.01. The van der Waals surface area contributed by atoms with Gasteiger partial charge in [0, 0.05) is 62.6 Å². The standard InChI is InChI=1S/C23H17N2O.C20H18N.Ir/c1-13-8-9-17(19-10-14(2)15(3)12-24-19)23-21(13)22-20(26-23)11-16-6-4-5-7-18(16)25-22;1-14-9-10-18(20-11-15(2)16(3)13-21-20)12-19(14)17-7-5-4-6-8-17;/h4-8,10-12H,1-3H3;4-9,11-13H,1-3H3;/q2*-1;/i2*1D3,2D3,3D3;. The maximum absolute atomic E-state index is 8.01. The average molecular weight is 820 g/mol. The van der Waals surface area contributed by atoms with Gasteiger partial charge in [-0.3, -0.25) is 0 Å². The predicted molar refractivity (Wildman–Crippen MR) is 193 cm³/mol. The van der Waals surface area contributed by atoms with Gasteiger partial charge in [-0.05, 0) is 73.0 Å². The zero-order chi connectivity index (χ0) is 47.7. The summed E-state index contributed by atoms with van der Waals surface area (Å²) >= 11 is 0. The van der Waals surface area contributed by atoms with E-state index in [9.17, 15) is 0 Å². The SMILES string of the molecule is [2H]C([2H])([2H])c1c[c-]c(-c2cc(C([2H])([2H])[2H])c(C([2H])([2H])[2H])cn2)cc1-c1ccccc1.[2H]C([2H])([2H])c1cnc(-c2[c-]cc(C([2H])([2H])[2H])c3c2oc2cc4ccccc4nc23)cc1C([2H])([2H])[2H].[Ir]. The smallest absolute Gasteiger partial charge is 0.140 e. The number of para-hydroxylation sites is 1. The summed E-state index contributed by atoms with van der Waals surface area (Å²) in [6.07, 6.45) is 2.05. The summed E-state index contributed by atoms with van der Waals surface area (Å²) in [5.74, 6) is 0. The van der Waals surface area contributed by atoms with Gasteiger partial charge in [0.25, 0.3) is 0 Å². The minimum Gasteiger partial charge on any atom is -0.499 e. The van der Waals surface area contributed by atoms with Crippen molar-refractivity contribution in [2.75, 3.05) is 0 Å². The van der Waals surface area contributed by atoms with Crippen LogP contribution in [0.5, 0.6) is 0 Å². The molecule has 0 amide bonds. The molecule has 0 saturated carbocycles. The molecule has 0 atom stereocenters. The number of nitrogens with zero attached hydrogens (tertiary/aromatic N) is 3. The molecule has 4 aromatic heterocycles. The van der Waals surface area contributed by atoms with Gasteiger partial charge in [0.2, 0.25) is 0 Å². The van der Waals surface area contributed by atoms with E-state index in [1.54, 1.807) is 42.5 Å². The van der Waals surface area contributed by atoms with Crippen LogP contribution in [-0.4, -0.2) is 15.0 Å². The molecule has 0 bridgehead atoms. The number of pyridine rings is 3. The number of furan rings is 1. The van der Waals surface area contributed by atoms with E-state index in [1.165, 1.54) is 24.3 Å². The Morgan fingerprint density at radius 3 is 2.06 bits per heavy atom. The minimum absolute atomic E-state index is 0. The van der Waals surface area contributed by atoms with Crippen LogP contribution in [0.25, 0.3) is 66.6 Å². The zero-order valence-electron chi connectivity index (χ0n) is 42.9. The molecular weight excluding hydrogens is 767 g/mol. The van der Waals surface area contributed by atoms with Crippen molar-refractivity contribution in [3.63, 3.8) is 0 Å². The second kappa shape index (κ2) is 13.6. The van der Waals surface area contributed by atoms with Crippen molar-refractivity contribution in [1.82, 2.24) is 15.0 Å². The summed E-state index contributed by atoms with van der Waals surface area (Å²) in [6, 6.07) is 30.3. The van der Waals surface area contributed by atoms with Gasteiger partial charge in [0.1, 0.15) is 5.58 Å². The Morgan fingerprint density at radius 2 is 1.31 bits per heavy atom. The Bertz CT molecular complexity index is 3080. The van der Waals surface area contributed by atoms with Crippen LogP contribution in [0, 0.1) is 53.2 Å². The first-order valence-electron chi connectivity index (χ1n) is 23.3. The van der Waals surface area contributed by atoms with Gasteiger partial charge < -0.3 is 14.4 Å². The molecule has 4 heterocycles. The summed E-state index contributed by atoms with van der Waals surface area (Å²) in [5, 5.41) is 1.04. The molecule has 8 aromatic rings. The molecule has 0 aliphatic rings. The number of hydrogen-bond donors (Lipinski definition) is 0. The first-order chi connectivity index (χ1) is 30.0. The van der Waals surface area contributed by atoms with Gasteiger partial charge in [0.15, 0.2) is 0 Å². The molecule has 48 heavy (non-hydrogen) atoms. The Morgan fingerprint density at radius 1 is 0.646 bits per heavy atom. The van der Waals surface area contributed by atoms with E-state index in [0.717, 1.165) is 17.8 Å². The van der Waals surface area contributed by atoms with Crippen molar-refractivity contribution < 1.29 is 49.2 Å². The van der Waals surface area contributed by atoms with Crippen LogP contribution in [0.4, 0.5) is 0 Å². The van der Waals surface area contributed by atoms with E-state index in [2.05, 4.69) is 27.1 Å². The fraction of sp³-hybridized carbons (Fsp3) is 0.140. The quantitative estimate of drug-likeness (QED) is 0.167. The first kappa shape index (κ1) is 17.4. The van der Waals surface area contributed by atoms with Gasteiger partial charge in [-0.1, -0.05) is 96.6 Å². The van der Waals surface area contributed by atoms with Gasteiger partial charge in [-0.15, -0.1) is 47.0 Å². The van der Waals surface area contributed by atoms with Crippen LogP contribution >= 0.6 is 0 Å². The molecule has 0 unspecified atom stereocenters. The molecule has 239 valence electrons. The second-order valence-corrected chi connectivity index (χ2v) is 10.7. The Hall–Kier alpha value is -4.96. The zero-order valence-corrected chi connectivity index (χ0v) is 27.3. The molecule has 8 rings (SSSR count). The fourth-order valence-corrected chi connectivity index (χ4v) is 5.21. The summed E-state index contributed by atoms with van der Waals surface area (Å²) in [6.45, 7) is -15.5. The van der Waals surface area contributed by atoms with E-state index < -0.39 is 41.1 Å². The third kappa shape index (κ3) is 6.32. The van der Waals surface area contributed by atoms with Gasteiger partial charge in [0.05, 0.1) is 16.6 Å². The van der Waals surface area contributed by atoms with Crippen molar-refractivity contribution in [3.8, 4) is 33.6 Å². The Balaban J connectivity index is 0.000000218. The van der Waals surface area contributed by atoms with Crippen molar-refractivity contribution in [2.24, 2.45) is 0 Å². The van der Waals surface area contributed by atoms with E-state index in [1.807, 2.05) is 24.3 Å². The Labute approximate surface area is 320 Å². The van der Waals surface area contributed by atoms with Crippen molar-refractivity contribution in [2.45, 2.75) is 41.1 Å². The second-order valence-electron chi connectivity index (χ2n) is 10.7. The van der Waals surface area contributed by atoms with Crippen molar-refractivity contribution in [3.05, 3.63) is 149 Å². The molecular formula is C43H35IrN3O-2. The van der Waals surface area contributed by atoms with Gasteiger partial charge in [-0.2, -0.15) is 0 Å². The summed E-state index contributed by atoms with van der Waals surface area (Å²) < 4.78 is 146. The molecule has 0 N–H and O–H groups in total. The fourth-order valence-electron chi connectivity index (χ4n) is 5.21. The minimum atomic E-state index is -2.72. The summed E-state index contributed by atoms with van der Waals surface area (Å²) in [7, 11) is 0. The summed E-state index contributed by atoms with van der Waals surface area (Å²) in [4.78, 5) is 13.0. The third-order valence-electron chi connectivity index (χ3n) is 7.60. The van der Waals surface area contributed by atoms with Crippen LogP contribution in [0.2, 0.25) is 0 Å². The number of hydrogen-bond acceptors (Lipinski definition) is 4. The topological polar surface area (TPSA) is 51.8 Å². The molecule has 0 saturated heterocycles. The number of benzene rings is 4. The van der Waals surface area contributed by atoms with Gasteiger partial charge >= 0.3 is 0 Å². The van der Waals surface area contributed by atoms with Crippen LogP contribution < -0.4 is 0 Å². The van der Waals surface area contributed by atoms with E-state index in [-0.39, 0.29) is 81.4 Å². The summed E-state index contributed by atoms with van der Waals surface area (Å²) in [5.41, 5.74) is 2.13. The van der Waals surface area contributed by atoms with Crippen LogP contribution in [0.15, 0.2) is 108 Å². The Kier molecular flexibility index (Phi) is 4.96. The van der Waals surface area contributed by atoms with E-state index in [4.69, 9.17) is 29.1 Å².